The second-order valence-corrected chi connectivity index (χ2v) is 10.3. The van der Waals surface area contributed by atoms with Gasteiger partial charge in [0.2, 0.25) is 10.0 Å². The number of sulfonamides is 1. The van der Waals surface area contributed by atoms with Gasteiger partial charge in [0.05, 0.1) is 23.6 Å². The van der Waals surface area contributed by atoms with Crippen LogP contribution in [0, 0.1) is 11.7 Å². The zero-order chi connectivity index (χ0) is 22.5. The maximum absolute atomic E-state index is 14.5. The number of nitrogens with zero attached hydrogens (tertiary/aromatic N) is 2. The van der Waals surface area contributed by atoms with Gasteiger partial charge in [-0.05, 0) is 47.9 Å². The predicted octanol–water partition coefficient (Wildman–Crippen LogP) is 4.06. The van der Waals surface area contributed by atoms with Gasteiger partial charge in [0.15, 0.2) is 0 Å². The maximum atomic E-state index is 14.5. The predicted molar refractivity (Wildman–Crippen MR) is 122 cm³/mol. The molecule has 0 aliphatic carbocycles. The van der Waals surface area contributed by atoms with E-state index in [1.54, 1.807) is 52.8 Å². The molecule has 1 N–H and O–H groups in total. The number of hydrogen-bond acceptors (Lipinski definition) is 4. The molecule has 2 aliphatic rings. The Bertz CT molecular complexity index is 1250. The van der Waals surface area contributed by atoms with Crippen molar-refractivity contribution in [3.63, 3.8) is 0 Å². The first kappa shape index (κ1) is 21.1. The standard InChI is InChI=1S/C25H25FN2O3S/c1-27-23-12-11-17(19-9-5-6-10-22(19)26)15-21(23)25-20(24(27)16-29)13-14-28(25)32(30,31)18-7-3-2-4-8-18/h2-12,15,20,24-25,29H,13-14,16H2,1H3/t20-,24+,25-/m1/s1. The fourth-order valence-corrected chi connectivity index (χ4v) is 6.96. The highest BCUT2D eigenvalue weighted by Gasteiger charge is 2.50. The number of aliphatic hydroxyl groups is 1. The Labute approximate surface area is 187 Å². The van der Waals surface area contributed by atoms with E-state index in [4.69, 9.17) is 0 Å². The number of benzene rings is 3. The van der Waals surface area contributed by atoms with Crippen LogP contribution in [0.15, 0.2) is 77.7 Å². The Hall–Kier alpha value is -2.74. The van der Waals surface area contributed by atoms with Crippen LogP contribution < -0.4 is 4.90 Å². The molecule has 7 heteroatoms. The number of aliphatic hydroxyl groups excluding tert-OH is 1. The summed E-state index contributed by atoms with van der Waals surface area (Å²) >= 11 is 0. The number of anilines is 1. The highest BCUT2D eigenvalue weighted by Crippen LogP contribution is 2.51. The minimum atomic E-state index is -3.73. The molecule has 0 unspecified atom stereocenters. The molecule has 5 rings (SSSR count). The zero-order valence-corrected chi connectivity index (χ0v) is 18.5. The lowest BCUT2D eigenvalue weighted by molar-refractivity contribution is 0.193. The van der Waals surface area contributed by atoms with E-state index in [0.29, 0.717) is 24.1 Å². The van der Waals surface area contributed by atoms with Gasteiger partial charge in [-0.25, -0.2) is 12.8 Å². The second kappa shape index (κ2) is 7.99. The van der Waals surface area contributed by atoms with Crippen molar-refractivity contribution in [3.8, 4) is 11.1 Å². The maximum Gasteiger partial charge on any atom is 0.243 e. The first-order valence-corrected chi connectivity index (χ1v) is 12.2. The van der Waals surface area contributed by atoms with Gasteiger partial charge in [-0.1, -0.05) is 42.5 Å². The van der Waals surface area contributed by atoms with Gasteiger partial charge in [-0.2, -0.15) is 4.31 Å². The SMILES string of the molecule is CN1c2ccc(-c3ccccc3F)cc2[C@H]2[C@H](CCN2S(=O)(=O)c2ccccc2)[C@@H]1CO. The molecule has 0 spiro atoms. The molecule has 0 bridgehead atoms. The van der Waals surface area contributed by atoms with Crippen molar-refractivity contribution in [2.24, 2.45) is 5.92 Å². The lowest BCUT2D eigenvalue weighted by Gasteiger charge is -2.44. The summed E-state index contributed by atoms with van der Waals surface area (Å²) in [6.45, 7) is 0.311. The lowest BCUT2D eigenvalue weighted by atomic mass is 9.81. The van der Waals surface area contributed by atoms with Gasteiger partial charge in [0.25, 0.3) is 0 Å². The Morgan fingerprint density at radius 1 is 1.03 bits per heavy atom. The third-order valence-corrected chi connectivity index (χ3v) is 8.73. The van der Waals surface area contributed by atoms with Crippen molar-refractivity contribution >= 4 is 15.7 Å². The topological polar surface area (TPSA) is 60.9 Å². The molecule has 3 aromatic carbocycles. The average Bonchev–Trinajstić information content (AvgIpc) is 3.26. The molecule has 0 aromatic heterocycles. The van der Waals surface area contributed by atoms with Gasteiger partial charge in [-0.3, -0.25) is 0 Å². The van der Waals surface area contributed by atoms with E-state index < -0.39 is 16.1 Å². The fraction of sp³-hybridized carbons (Fsp3) is 0.280. The molecule has 3 aromatic rings. The van der Waals surface area contributed by atoms with E-state index in [9.17, 15) is 17.9 Å². The van der Waals surface area contributed by atoms with Crippen LogP contribution in [-0.2, 0) is 10.0 Å². The van der Waals surface area contributed by atoms with E-state index in [2.05, 4.69) is 0 Å². The summed E-state index contributed by atoms with van der Waals surface area (Å²) in [6.07, 6.45) is 0.648. The second-order valence-electron chi connectivity index (χ2n) is 8.44. The number of hydrogen-bond donors (Lipinski definition) is 1. The number of rotatable bonds is 4. The highest BCUT2D eigenvalue weighted by molar-refractivity contribution is 7.89. The van der Waals surface area contributed by atoms with Crippen molar-refractivity contribution in [1.29, 1.82) is 0 Å². The summed E-state index contributed by atoms with van der Waals surface area (Å²) in [6, 6.07) is 20.1. The molecule has 1 fully saturated rings. The van der Waals surface area contributed by atoms with E-state index >= 15 is 0 Å². The van der Waals surface area contributed by atoms with Crippen LogP contribution in [-0.4, -0.2) is 44.1 Å². The molecular formula is C25H25FN2O3S. The molecule has 0 radical (unpaired) electrons. The first-order chi connectivity index (χ1) is 15.4. The van der Waals surface area contributed by atoms with Crippen LogP contribution in [0.3, 0.4) is 0 Å². The van der Waals surface area contributed by atoms with Crippen molar-refractivity contribution < 1.29 is 17.9 Å². The van der Waals surface area contributed by atoms with E-state index in [-0.39, 0.29) is 29.3 Å². The smallest absolute Gasteiger partial charge is 0.243 e. The van der Waals surface area contributed by atoms with Gasteiger partial charge in [-0.15, -0.1) is 0 Å². The van der Waals surface area contributed by atoms with Gasteiger partial charge >= 0.3 is 0 Å². The van der Waals surface area contributed by atoms with Crippen molar-refractivity contribution in [3.05, 3.63) is 84.2 Å². The minimum absolute atomic E-state index is 0.0631. The van der Waals surface area contributed by atoms with Crippen molar-refractivity contribution in [1.82, 2.24) is 4.31 Å². The summed E-state index contributed by atoms with van der Waals surface area (Å²) in [7, 11) is -1.80. The largest absolute Gasteiger partial charge is 0.394 e. The molecule has 0 saturated carbocycles. The van der Waals surface area contributed by atoms with Gasteiger partial charge < -0.3 is 10.0 Å². The van der Waals surface area contributed by atoms with Gasteiger partial charge in [0.1, 0.15) is 5.82 Å². The Morgan fingerprint density at radius 2 is 1.75 bits per heavy atom. The minimum Gasteiger partial charge on any atom is -0.394 e. The first-order valence-electron chi connectivity index (χ1n) is 10.7. The number of fused-ring (bicyclic) bond motifs is 3. The monoisotopic (exact) mass is 452 g/mol. The quantitative estimate of drug-likeness (QED) is 0.649. The summed E-state index contributed by atoms with van der Waals surface area (Å²) in [5, 5.41) is 10.1. The summed E-state index contributed by atoms with van der Waals surface area (Å²) in [5.41, 5.74) is 2.90. The lowest BCUT2D eigenvalue weighted by Crippen LogP contribution is -2.48. The van der Waals surface area contributed by atoms with Crippen molar-refractivity contribution in [2.75, 3.05) is 25.1 Å². The summed E-state index contributed by atoms with van der Waals surface area (Å²) in [4.78, 5) is 2.28. The number of likely N-dealkylation sites (N-methyl/N-ethyl adjacent to an activating group) is 1. The highest BCUT2D eigenvalue weighted by atomic mass is 32.2. The molecule has 2 aliphatic heterocycles. The normalized spacial score (nSPS) is 23.1. The van der Waals surface area contributed by atoms with Crippen LogP contribution in [0.1, 0.15) is 18.0 Å². The Kier molecular flexibility index (Phi) is 5.28. The van der Waals surface area contributed by atoms with E-state index in [1.165, 1.54) is 6.07 Å². The van der Waals surface area contributed by atoms with Gasteiger partial charge in [0, 0.05) is 30.8 Å². The Balaban J connectivity index is 1.67. The molecule has 1 saturated heterocycles. The molecule has 2 heterocycles. The van der Waals surface area contributed by atoms with Crippen LogP contribution in [0.25, 0.3) is 11.1 Å². The molecule has 0 amide bonds. The van der Waals surface area contributed by atoms with E-state index in [0.717, 1.165) is 11.3 Å². The van der Waals surface area contributed by atoms with Crippen LogP contribution in [0.5, 0.6) is 0 Å². The molecule has 32 heavy (non-hydrogen) atoms. The van der Waals surface area contributed by atoms with E-state index in [1.807, 2.05) is 30.1 Å². The molecule has 3 atom stereocenters. The van der Waals surface area contributed by atoms with Crippen LogP contribution in [0.4, 0.5) is 10.1 Å². The molecule has 166 valence electrons. The third kappa shape index (κ3) is 3.23. The fourth-order valence-electron chi connectivity index (χ4n) is 5.27. The molecule has 5 nitrogen and oxygen atoms in total. The average molecular weight is 453 g/mol. The van der Waals surface area contributed by atoms with Crippen LogP contribution >= 0.6 is 0 Å². The summed E-state index contributed by atoms with van der Waals surface area (Å²) < 4.78 is 43.2. The van der Waals surface area contributed by atoms with Crippen LogP contribution in [0.2, 0.25) is 0 Å². The van der Waals surface area contributed by atoms with Crippen molar-refractivity contribution in [2.45, 2.75) is 23.4 Å². The third-order valence-electron chi connectivity index (χ3n) is 6.84. The zero-order valence-electron chi connectivity index (χ0n) is 17.7. The molecular weight excluding hydrogens is 427 g/mol. The number of halogens is 1. The summed E-state index contributed by atoms with van der Waals surface area (Å²) in [5.74, 6) is -0.381. The Morgan fingerprint density at radius 3 is 2.47 bits per heavy atom.